The van der Waals surface area contributed by atoms with E-state index in [0.29, 0.717) is 12.5 Å². The topological polar surface area (TPSA) is 41.1 Å². The van der Waals surface area contributed by atoms with Crippen molar-refractivity contribution < 1.29 is 4.79 Å². The Labute approximate surface area is 115 Å². The molecule has 1 fully saturated rings. The first-order valence-corrected chi connectivity index (χ1v) is 7.37. The Morgan fingerprint density at radius 3 is 2.59 bits per heavy atom. The van der Waals surface area contributed by atoms with Gasteiger partial charge in [0.1, 0.15) is 0 Å². The van der Waals surface area contributed by atoms with Crippen molar-refractivity contribution in [2.24, 2.45) is 0 Å². The third-order valence-electron chi connectivity index (χ3n) is 3.43. The molecule has 0 aromatic rings. The minimum Gasteiger partial charge on any atom is -0.351 e. The van der Waals surface area contributed by atoms with E-state index in [4.69, 9.17) is 0 Å². The number of carbonyl (C=O) groups excluding carboxylic acids is 1. The van der Waals surface area contributed by atoms with Crippen molar-refractivity contribution in [2.45, 2.75) is 51.6 Å². The molecule has 0 bridgehead atoms. The van der Waals surface area contributed by atoms with Crippen LogP contribution in [0.4, 0.5) is 0 Å². The standard InChI is InChI=1S/C12H24N2OS.ClH/c1-4-12(3,5-2)14-11(15)8-10-9-16-7-6-13-10;/h10,13H,4-9H2,1-3H3,(H,14,15);1H. The highest BCUT2D eigenvalue weighted by atomic mass is 35.5. The monoisotopic (exact) mass is 280 g/mol. The highest BCUT2D eigenvalue weighted by Crippen LogP contribution is 2.15. The summed E-state index contributed by atoms with van der Waals surface area (Å²) in [4.78, 5) is 11.9. The molecule has 1 amide bonds. The molecular formula is C12H25ClN2OS. The summed E-state index contributed by atoms with van der Waals surface area (Å²) < 4.78 is 0. The lowest BCUT2D eigenvalue weighted by molar-refractivity contribution is -0.123. The number of amides is 1. The smallest absolute Gasteiger partial charge is 0.222 e. The molecular weight excluding hydrogens is 256 g/mol. The van der Waals surface area contributed by atoms with E-state index >= 15 is 0 Å². The second-order valence-corrected chi connectivity index (χ2v) is 5.90. The van der Waals surface area contributed by atoms with Gasteiger partial charge in [0.15, 0.2) is 0 Å². The molecule has 0 radical (unpaired) electrons. The summed E-state index contributed by atoms with van der Waals surface area (Å²) in [6.07, 6.45) is 2.59. The third kappa shape index (κ3) is 5.98. The Kier molecular flexibility index (Phi) is 8.25. The number of hydrogen-bond acceptors (Lipinski definition) is 3. The average molecular weight is 281 g/mol. The van der Waals surface area contributed by atoms with Gasteiger partial charge in [-0.25, -0.2) is 0 Å². The highest BCUT2D eigenvalue weighted by molar-refractivity contribution is 7.99. The summed E-state index contributed by atoms with van der Waals surface area (Å²) in [6, 6.07) is 0.358. The number of thioether (sulfide) groups is 1. The van der Waals surface area contributed by atoms with Crippen LogP contribution in [0.5, 0.6) is 0 Å². The Morgan fingerprint density at radius 1 is 1.47 bits per heavy atom. The van der Waals surface area contributed by atoms with E-state index in [0.717, 1.165) is 25.1 Å². The number of hydrogen-bond donors (Lipinski definition) is 2. The molecule has 102 valence electrons. The molecule has 17 heavy (non-hydrogen) atoms. The molecule has 0 aromatic heterocycles. The predicted molar refractivity (Wildman–Crippen MR) is 78.1 cm³/mol. The number of nitrogens with one attached hydrogen (secondary N) is 2. The van der Waals surface area contributed by atoms with Gasteiger partial charge in [0.05, 0.1) is 0 Å². The van der Waals surface area contributed by atoms with Crippen molar-refractivity contribution in [3.05, 3.63) is 0 Å². The van der Waals surface area contributed by atoms with Gasteiger partial charge in [0.25, 0.3) is 0 Å². The lowest BCUT2D eigenvalue weighted by Crippen LogP contribution is -2.48. The van der Waals surface area contributed by atoms with E-state index in [1.54, 1.807) is 0 Å². The summed E-state index contributed by atoms with van der Waals surface area (Å²) in [7, 11) is 0. The summed E-state index contributed by atoms with van der Waals surface area (Å²) in [6.45, 7) is 7.40. The number of rotatable bonds is 5. The lowest BCUT2D eigenvalue weighted by atomic mass is 9.95. The molecule has 3 nitrogen and oxygen atoms in total. The second kappa shape index (κ2) is 8.22. The van der Waals surface area contributed by atoms with Crippen molar-refractivity contribution >= 4 is 30.1 Å². The van der Waals surface area contributed by atoms with E-state index in [-0.39, 0.29) is 23.9 Å². The zero-order valence-electron chi connectivity index (χ0n) is 11.0. The van der Waals surface area contributed by atoms with Crippen LogP contribution in [-0.2, 0) is 4.79 Å². The van der Waals surface area contributed by atoms with Crippen molar-refractivity contribution in [1.82, 2.24) is 10.6 Å². The normalized spacial score (nSPS) is 20.5. The molecule has 0 aromatic carbocycles. The molecule has 1 aliphatic heterocycles. The first-order chi connectivity index (χ1) is 7.59. The van der Waals surface area contributed by atoms with E-state index in [1.807, 2.05) is 11.8 Å². The van der Waals surface area contributed by atoms with Gasteiger partial charge in [0.2, 0.25) is 5.91 Å². The molecule has 5 heteroatoms. The van der Waals surface area contributed by atoms with Gasteiger partial charge in [-0.2, -0.15) is 11.8 Å². The Balaban J connectivity index is 0.00000256. The average Bonchev–Trinajstić information content (AvgIpc) is 2.30. The first-order valence-electron chi connectivity index (χ1n) is 6.22. The fourth-order valence-corrected chi connectivity index (χ4v) is 2.74. The summed E-state index contributed by atoms with van der Waals surface area (Å²) in [5.41, 5.74) is -0.0289. The zero-order chi connectivity index (χ0) is 12.0. The van der Waals surface area contributed by atoms with E-state index in [1.165, 1.54) is 5.75 Å². The van der Waals surface area contributed by atoms with Gasteiger partial charge in [-0.1, -0.05) is 13.8 Å². The summed E-state index contributed by atoms with van der Waals surface area (Å²) in [5.74, 6) is 2.41. The van der Waals surface area contributed by atoms with Gasteiger partial charge in [0, 0.05) is 36.1 Å². The maximum Gasteiger partial charge on any atom is 0.222 e. The zero-order valence-corrected chi connectivity index (χ0v) is 12.7. The van der Waals surface area contributed by atoms with Crippen LogP contribution in [0.3, 0.4) is 0 Å². The van der Waals surface area contributed by atoms with E-state index in [9.17, 15) is 4.79 Å². The largest absolute Gasteiger partial charge is 0.351 e. The van der Waals surface area contributed by atoms with Crippen molar-refractivity contribution in [1.29, 1.82) is 0 Å². The maximum absolute atomic E-state index is 11.9. The molecule has 1 aliphatic rings. The van der Waals surface area contributed by atoms with Crippen LogP contribution in [0, 0.1) is 0 Å². The van der Waals surface area contributed by atoms with Crippen LogP contribution in [0.15, 0.2) is 0 Å². The van der Waals surface area contributed by atoms with Gasteiger partial charge in [-0.05, 0) is 19.8 Å². The number of carbonyl (C=O) groups is 1. The van der Waals surface area contributed by atoms with Gasteiger partial charge in [-0.15, -0.1) is 12.4 Å². The molecule has 1 heterocycles. The minimum atomic E-state index is -0.0289. The van der Waals surface area contributed by atoms with Crippen LogP contribution in [0.1, 0.15) is 40.0 Å². The van der Waals surface area contributed by atoms with Crippen LogP contribution in [-0.4, -0.2) is 35.5 Å². The number of halogens is 1. The van der Waals surface area contributed by atoms with Crippen LogP contribution in [0.25, 0.3) is 0 Å². The van der Waals surface area contributed by atoms with Crippen molar-refractivity contribution in [3.63, 3.8) is 0 Å². The SMILES string of the molecule is CCC(C)(CC)NC(=O)CC1CSCCN1.Cl. The predicted octanol–water partition coefficient (Wildman–Crippen LogP) is 2.20. The second-order valence-electron chi connectivity index (χ2n) is 4.75. The van der Waals surface area contributed by atoms with Crippen molar-refractivity contribution in [2.75, 3.05) is 18.1 Å². The summed E-state index contributed by atoms with van der Waals surface area (Å²) in [5, 5.41) is 6.54. The van der Waals surface area contributed by atoms with Crippen molar-refractivity contribution in [3.8, 4) is 0 Å². The van der Waals surface area contributed by atoms with Gasteiger partial charge in [-0.3, -0.25) is 4.79 Å². The quantitative estimate of drug-likeness (QED) is 0.811. The van der Waals surface area contributed by atoms with Crippen LogP contribution >= 0.6 is 24.2 Å². The molecule has 2 N–H and O–H groups in total. The van der Waals surface area contributed by atoms with Gasteiger partial charge >= 0.3 is 0 Å². The molecule has 1 saturated heterocycles. The van der Waals surface area contributed by atoms with Gasteiger partial charge < -0.3 is 10.6 Å². The fourth-order valence-electron chi connectivity index (χ4n) is 1.79. The minimum absolute atomic E-state index is 0. The highest BCUT2D eigenvalue weighted by Gasteiger charge is 2.24. The molecule has 0 spiro atoms. The Hall–Kier alpha value is 0.0700. The first kappa shape index (κ1) is 17.1. The fraction of sp³-hybridized carbons (Fsp3) is 0.917. The molecule has 0 aliphatic carbocycles. The third-order valence-corrected chi connectivity index (χ3v) is 4.56. The summed E-state index contributed by atoms with van der Waals surface area (Å²) >= 11 is 1.93. The van der Waals surface area contributed by atoms with Crippen LogP contribution in [0.2, 0.25) is 0 Å². The molecule has 1 rings (SSSR count). The van der Waals surface area contributed by atoms with E-state index < -0.39 is 0 Å². The maximum atomic E-state index is 11.9. The Bertz CT molecular complexity index is 229. The van der Waals surface area contributed by atoms with E-state index in [2.05, 4.69) is 31.4 Å². The Morgan fingerprint density at radius 2 is 2.12 bits per heavy atom. The molecule has 1 unspecified atom stereocenters. The van der Waals surface area contributed by atoms with Crippen LogP contribution < -0.4 is 10.6 Å². The lowest BCUT2D eigenvalue weighted by Gasteiger charge is -2.30. The molecule has 1 atom stereocenters. The molecule has 0 saturated carbocycles.